The van der Waals surface area contributed by atoms with Gasteiger partial charge in [0.2, 0.25) is 0 Å². The molecule has 0 atom stereocenters. The molecule has 0 saturated heterocycles. The van der Waals surface area contributed by atoms with Crippen LogP contribution in [0.4, 0.5) is 4.79 Å². The Bertz CT molecular complexity index is 268. The van der Waals surface area contributed by atoms with Gasteiger partial charge in [0, 0.05) is 13.1 Å². The van der Waals surface area contributed by atoms with Crippen molar-refractivity contribution in [3.8, 4) is 0 Å². The molecule has 0 bridgehead atoms. The van der Waals surface area contributed by atoms with Crippen molar-refractivity contribution in [3.63, 3.8) is 0 Å². The third kappa shape index (κ3) is 4.57. The van der Waals surface area contributed by atoms with Gasteiger partial charge in [-0.1, -0.05) is 13.8 Å². The summed E-state index contributed by atoms with van der Waals surface area (Å²) in [5.41, 5.74) is 0.0323. The van der Waals surface area contributed by atoms with E-state index in [-0.39, 0.29) is 6.09 Å². The van der Waals surface area contributed by atoms with E-state index in [4.69, 9.17) is 4.74 Å². The summed E-state index contributed by atoms with van der Waals surface area (Å²) in [6.07, 6.45) is 4.35. The van der Waals surface area contributed by atoms with Crippen LogP contribution in [0.2, 0.25) is 0 Å². The number of amides is 1. The lowest BCUT2D eigenvalue weighted by Gasteiger charge is -2.38. The maximum Gasteiger partial charge on any atom is 0.410 e. The lowest BCUT2D eigenvalue weighted by atomic mass is 9.75. The molecule has 0 aromatic rings. The van der Waals surface area contributed by atoms with E-state index in [2.05, 4.69) is 13.8 Å². The molecule has 1 aliphatic carbocycles. The normalized spacial score (nSPS) is 21.1. The Balaban J connectivity index is 2.49. The first-order valence-corrected chi connectivity index (χ1v) is 6.56. The van der Waals surface area contributed by atoms with Crippen molar-refractivity contribution in [2.45, 2.75) is 71.9 Å². The first kappa shape index (κ1) is 14.3. The summed E-state index contributed by atoms with van der Waals surface area (Å²) >= 11 is 0. The van der Waals surface area contributed by atoms with E-state index in [1.165, 1.54) is 12.8 Å². The second kappa shape index (κ2) is 4.87. The highest BCUT2D eigenvalue weighted by Crippen LogP contribution is 2.36. The number of carbonyl (C=O) groups is 1. The molecule has 0 heterocycles. The third-order valence-electron chi connectivity index (χ3n) is 3.54. The standard InChI is InChI=1S/C14H27NO2/c1-13(2,3)17-12(16)15(6)11-7-9-14(4,5)10-8-11/h11H,7-10H2,1-6H3. The highest BCUT2D eigenvalue weighted by Gasteiger charge is 2.32. The summed E-state index contributed by atoms with van der Waals surface area (Å²) in [5.74, 6) is 0. The molecule has 100 valence electrons. The molecule has 1 aliphatic rings. The Morgan fingerprint density at radius 2 is 1.71 bits per heavy atom. The highest BCUT2D eigenvalue weighted by atomic mass is 16.6. The smallest absolute Gasteiger partial charge is 0.410 e. The van der Waals surface area contributed by atoms with Gasteiger partial charge in [0.1, 0.15) is 5.60 Å². The Labute approximate surface area is 106 Å². The van der Waals surface area contributed by atoms with Gasteiger partial charge < -0.3 is 9.64 Å². The van der Waals surface area contributed by atoms with Crippen LogP contribution >= 0.6 is 0 Å². The summed E-state index contributed by atoms with van der Waals surface area (Å²) in [6, 6.07) is 0.345. The zero-order valence-electron chi connectivity index (χ0n) is 12.2. The number of rotatable bonds is 1. The monoisotopic (exact) mass is 241 g/mol. The van der Waals surface area contributed by atoms with E-state index in [9.17, 15) is 4.79 Å². The maximum absolute atomic E-state index is 11.9. The highest BCUT2D eigenvalue weighted by molar-refractivity contribution is 5.68. The molecule has 1 fully saturated rings. The molecule has 1 saturated carbocycles. The van der Waals surface area contributed by atoms with Crippen LogP contribution in [0.5, 0.6) is 0 Å². The molecule has 0 spiro atoms. The SMILES string of the molecule is CN(C(=O)OC(C)(C)C)C1CCC(C)(C)CC1. The fraction of sp³-hybridized carbons (Fsp3) is 0.929. The fourth-order valence-electron chi connectivity index (χ4n) is 2.25. The zero-order valence-corrected chi connectivity index (χ0v) is 12.2. The van der Waals surface area contributed by atoms with Crippen molar-refractivity contribution in [1.29, 1.82) is 0 Å². The van der Waals surface area contributed by atoms with E-state index in [0.29, 0.717) is 11.5 Å². The van der Waals surface area contributed by atoms with Gasteiger partial charge in [-0.25, -0.2) is 4.79 Å². The molecule has 0 N–H and O–H groups in total. The predicted molar refractivity (Wildman–Crippen MR) is 70.0 cm³/mol. The van der Waals surface area contributed by atoms with Crippen molar-refractivity contribution in [1.82, 2.24) is 4.90 Å². The number of hydrogen-bond acceptors (Lipinski definition) is 2. The van der Waals surface area contributed by atoms with Crippen LogP contribution < -0.4 is 0 Å². The van der Waals surface area contributed by atoms with Gasteiger partial charge in [-0.3, -0.25) is 0 Å². The van der Waals surface area contributed by atoms with Crippen LogP contribution in [-0.4, -0.2) is 29.7 Å². The van der Waals surface area contributed by atoms with Crippen LogP contribution in [0.1, 0.15) is 60.3 Å². The molecule has 0 radical (unpaired) electrons. The number of hydrogen-bond donors (Lipinski definition) is 0. The Kier molecular flexibility index (Phi) is 4.11. The molecule has 0 aromatic heterocycles. The van der Waals surface area contributed by atoms with Crippen LogP contribution in [0.25, 0.3) is 0 Å². The van der Waals surface area contributed by atoms with Gasteiger partial charge in [0.05, 0.1) is 0 Å². The second-order valence-electron chi connectivity index (χ2n) is 6.99. The van der Waals surface area contributed by atoms with Crippen molar-refractivity contribution >= 4 is 6.09 Å². The minimum atomic E-state index is -0.403. The van der Waals surface area contributed by atoms with Gasteiger partial charge in [-0.05, 0) is 51.9 Å². The third-order valence-corrected chi connectivity index (χ3v) is 3.54. The van der Waals surface area contributed by atoms with Crippen molar-refractivity contribution in [2.75, 3.05) is 7.05 Å². The quantitative estimate of drug-likeness (QED) is 0.698. The molecule has 1 amide bonds. The van der Waals surface area contributed by atoms with Crippen molar-refractivity contribution in [3.05, 3.63) is 0 Å². The van der Waals surface area contributed by atoms with E-state index >= 15 is 0 Å². The minimum absolute atomic E-state index is 0.192. The van der Waals surface area contributed by atoms with Crippen LogP contribution in [0.3, 0.4) is 0 Å². The number of ether oxygens (including phenoxy) is 1. The molecule has 0 unspecified atom stereocenters. The van der Waals surface area contributed by atoms with E-state index in [0.717, 1.165) is 12.8 Å². The van der Waals surface area contributed by atoms with Gasteiger partial charge in [0.25, 0.3) is 0 Å². The van der Waals surface area contributed by atoms with Gasteiger partial charge in [0.15, 0.2) is 0 Å². The Hall–Kier alpha value is -0.730. The van der Waals surface area contributed by atoms with E-state index in [1.54, 1.807) is 4.90 Å². The lowest BCUT2D eigenvalue weighted by Crippen LogP contribution is -2.43. The maximum atomic E-state index is 11.9. The minimum Gasteiger partial charge on any atom is -0.444 e. The summed E-state index contributed by atoms with van der Waals surface area (Å²) in [7, 11) is 1.86. The molecule has 3 nitrogen and oxygen atoms in total. The topological polar surface area (TPSA) is 29.5 Å². The van der Waals surface area contributed by atoms with Gasteiger partial charge >= 0.3 is 6.09 Å². The number of carbonyl (C=O) groups excluding carboxylic acids is 1. The van der Waals surface area contributed by atoms with Crippen molar-refractivity contribution in [2.24, 2.45) is 5.41 Å². The first-order valence-electron chi connectivity index (χ1n) is 6.56. The van der Waals surface area contributed by atoms with Crippen LogP contribution in [0, 0.1) is 5.41 Å². The predicted octanol–water partition coefficient (Wildman–Crippen LogP) is 3.82. The summed E-state index contributed by atoms with van der Waals surface area (Å²) < 4.78 is 5.39. The van der Waals surface area contributed by atoms with Gasteiger partial charge in [-0.15, -0.1) is 0 Å². The van der Waals surface area contributed by atoms with E-state index < -0.39 is 5.60 Å². The largest absolute Gasteiger partial charge is 0.444 e. The average molecular weight is 241 g/mol. The summed E-state index contributed by atoms with van der Waals surface area (Å²) in [5, 5.41) is 0. The Morgan fingerprint density at radius 3 is 2.12 bits per heavy atom. The van der Waals surface area contributed by atoms with Crippen LogP contribution in [0.15, 0.2) is 0 Å². The molecule has 1 rings (SSSR count). The molecular weight excluding hydrogens is 214 g/mol. The lowest BCUT2D eigenvalue weighted by molar-refractivity contribution is 0.0145. The summed E-state index contributed by atoms with van der Waals surface area (Å²) in [6.45, 7) is 10.3. The molecule has 3 heteroatoms. The second-order valence-corrected chi connectivity index (χ2v) is 6.99. The molecule has 17 heavy (non-hydrogen) atoms. The van der Waals surface area contributed by atoms with E-state index in [1.807, 2.05) is 27.8 Å². The van der Waals surface area contributed by atoms with Crippen molar-refractivity contribution < 1.29 is 9.53 Å². The molecular formula is C14H27NO2. The average Bonchev–Trinajstić information content (AvgIpc) is 2.14. The Morgan fingerprint density at radius 1 is 1.24 bits per heavy atom. The fourth-order valence-corrected chi connectivity index (χ4v) is 2.25. The zero-order chi connectivity index (χ0) is 13.3. The molecule has 0 aliphatic heterocycles. The van der Waals surface area contributed by atoms with Gasteiger partial charge in [-0.2, -0.15) is 0 Å². The number of nitrogens with zero attached hydrogens (tertiary/aromatic N) is 1. The molecule has 0 aromatic carbocycles. The van der Waals surface area contributed by atoms with Crippen LogP contribution in [-0.2, 0) is 4.74 Å². The first-order chi connectivity index (χ1) is 7.61. The summed E-state index contributed by atoms with van der Waals surface area (Å²) in [4.78, 5) is 13.7.